The first kappa shape index (κ1) is 26.2. The van der Waals surface area contributed by atoms with Crippen LogP contribution in [0.4, 0.5) is 0 Å². The molecule has 0 N–H and O–H groups in total. The standard InChI is InChI=1S/C22H43O7P/c1-7-9-11-13-21(24-15-16-25-21)19(3,4)28-30(23)29-20(5,6)22(14-12-10-8-2)26-17-18-27-22/h30H,7-18H2,1-6H3. The minimum atomic E-state index is -2.88. The van der Waals surface area contributed by atoms with Crippen LogP contribution in [-0.4, -0.2) is 49.2 Å². The maximum absolute atomic E-state index is 13.1. The predicted molar refractivity (Wildman–Crippen MR) is 117 cm³/mol. The van der Waals surface area contributed by atoms with Crippen LogP contribution in [0.5, 0.6) is 0 Å². The van der Waals surface area contributed by atoms with Gasteiger partial charge in [0.25, 0.3) is 0 Å². The fourth-order valence-corrected chi connectivity index (χ4v) is 5.49. The van der Waals surface area contributed by atoms with Gasteiger partial charge in [-0.05, 0) is 40.5 Å². The minimum absolute atomic E-state index is 0.508. The summed E-state index contributed by atoms with van der Waals surface area (Å²) in [6, 6.07) is 0. The van der Waals surface area contributed by atoms with E-state index in [-0.39, 0.29) is 0 Å². The summed E-state index contributed by atoms with van der Waals surface area (Å²) in [5.41, 5.74) is -1.84. The lowest BCUT2D eigenvalue weighted by Crippen LogP contribution is -2.53. The summed E-state index contributed by atoms with van der Waals surface area (Å²) >= 11 is 0. The summed E-state index contributed by atoms with van der Waals surface area (Å²) in [6.07, 6.45) is 7.67. The molecule has 30 heavy (non-hydrogen) atoms. The highest BCUT2D eigenvalue weighted by molar-refractivity contribution is 7.33. The van der Waals surface area contributed by atoms with Crippen LogP contribution in [0.15, 0.2) is 0 Å². The zero-order valence-corrected chi connectivity index (χ0v) is 20.8. The Morgan fingerprint density at radius 3 is 1.33 bits per heavy atom. The van der Waals surface area contributed by atoms with E-state index in [0.717, 1.165) is 38.5 Å². The third-order valence-electron chi connectivity index (χ3n) is 6.24. The van der Waals surface area contributed by atoms with Gasteiger partial charge in [0, 0.05) is 12.8 Å². The zero-order chi connectivity index (χ0) is 22.3. The predicted octanol–water partition coefficient (Wildman–Crippen LogP) is 5.61. The molecule has 0 radical (unpaired) electrons. The molecule has 7 nitrogen and oxygen atoms in total. The van der Waals surface area contributed by atoms with Gasteiger partial charge < -0.3 is 18.9 Å². The van der Waals surface area contributed by atoms with Crippen molar-refractivity contribution in [1.29, 1.82) is 0 Å². The molecule has 0 aliphatic carbocycles. The molecule has 0 spiro atoms. The van der Waals surface area contributed by atoms with Crippen LogP contribution in [0, 0.1) is 0 Å². The van der Waals surface area contributed by atoms with Gasteiger partial charge in [-0.15, -0.1) is 0 Å². The molecule has 2 heterocycles. The second-order valence-electron chi connectivity index (χ2n) is 9.29. The third kappa shape index (κ3) is 6.06. The highest BCUT2D eigenvalue weighted by Crippen LogP contribution is 2.49. The molecule has 0 atom stereocenters. The van der Waals surface area contributed by atoms with Crippen molar-refractivity contribution < 1.29 is 32.6 Å². The summed E-state index contributed by atoms with van der Waals surface area (Å²) in [6.45, 7) is 13.8. The van der Waals surface area contributed by atoms with Gasteiger partial charge in [0.2, 0.25) is 0 Å². The lowest BCUT2D eigenvalue weighted by molar-refractivity contribution is -0.265. The molecule has 0 aromatic carbocycles. The Kier molecular flexibility index (Phi) is 9.82. The van der Waals surface area contributed by atoms with Crippen molar-refractivity contribution in [1.82, 2.24) is 0 Å². The van der Waals surface area contributed by atoms with Crippen LogP contribution < -0.4 is 0 Å². The Labute approximate surface area is 183 Å². The van der Waals surface area contributed by atoms with E-state index >= 15 is 0 Å². The van der Waals surface area contributed by atoms with Crippen molar-refractivity contribution >= 4 is 8.25 Å². The fraction of sp³-hybridized carbons (Fsp3) is 1.00. The van der Waals surface area contributed by atoms with Gasteiger partial charge in [-0.2, -0.15) is 0 Å². The summed E-state index contributed by atoms with van der Waals surface area (Å²) in [4.78, 5) is 0. The molecule has 0 aromatic rings. The van der Waals surface area contributed by atoms with E-state index < -0.39 is 31.0 Å². The van der Waals surface area contributed by atoms with Gasteiger partial charge in [0.05, 0.1) is 26.4 Å². The zero-order valence-electron chi connectivity index (χ0n) is 19.8. The number of hydrogen-bond donors (Lipinski definition) is 0. The monoisotopic (exact) mass is 450 g/mol. The number of unbranched alkanes of at least 4 members (excludes halogenated alkanes) is 4. The maximum Gasteiger partial charge on any atom is 0.320 e. The molecule has 2 saturated heterocycles. The molecule has 0 saturated carbocycles. The summed E-state index contributed by atoms with van der Waals surface area (Å²) in [5, 5.41) is 0. The van der Waals surface area contributed by atoms with E-state index in [1.165, 1.54) is 0 Å². The van der Waals surface area contributed by atoms with Crippen LogP contribution in [0.2, 0.25) is 0 Å². The van der Waals surface area contributed by atoms with Crippen molar-refractivity contribution in [2.75, 3.05) is 26.4 Å². The average Bonchev–Trinajstić information content (AvgIpc) is 3.32. The van der Waals surface area contributed by atoms with E-state index in [1.807, 2.05) is 27.7 Å². The second kappa shape index (κ2) is 11.2. The third-order valence-corrected chi connectivity index (χ3v) is 7.59. The molecule has 0 amide bonds. The van der Waals surface area contributed by atoms with Crippen molar-refractivity contribution in [3.05, 3.63) is 0 Å². The largest absolute Gasteiger partial charge is 0.345 e. The van der Waals surface area contributed by atoms with Gasteiger partial charge in [0.15, 0.2) is 11.6 Å². The molecule has 178 valence electrons. The Morgan fingerprint density at radius 1 is 0.700 bits per heavy atom. The molecule has 2 aliphatic heterocycles. The Morgan fingerprint density at radius 2 is 1.03 bits per heavy atom. The van der Waals surface area contributed by atoms with E-state index in [2.05, 4.69) is 13.8 Å². The Balaban J connectivity index is 2.05. The maximum atomic E-state index is 13.1. The average molecular weight is 451 g/mol. The molecule has 2 fully saturated rings. The van der Waals surface area contributed by atoms with Crippen molar-refractivity contribution in [3.63, 3.8) is 0 Å². The van der Waals surface area contributed by atoms with Crippen LogP contribution in [0.25, 0.3) is 0 Å². The van der Waals surface area contributed by atoms with Gasteiger partial charge in [0.1, 0.15) is 11.2 Å². The van der Waals surface area contributed by atoms with Crippen LogP contribution in [0.3, 0.4) is 0 Å². The lowest BCUT2D eigenvalue weighted by atomic mass is 9.92. The first-order valence-electron chi connectivity index (χ1n) is 11.6. The number of hydrogen-bond acceptors (Lipinski definition) is 7. The molecule has 0 aromatic heterocycles. The summed E-state index contributed by atoms with van der Waals surface area (Å²) in [5.74, 6) is -1.82. The van der Waals surface area contributed by atoms with E-state index in [1.54, 1.807) is 0 Å². The first-order chi connectivity index (χ1) is 14.1. The number of rotatable bonds is 14. The fourth-order valence-electron chi connectivity index (χ4n) is 4.30. The summed E-state index contributed by atoms with van der Waals surface area (Å²) < 4.78 is 49.0. The van der Waals surface area contributed by atoms with Crippen LogP contribution in [-0.2, 0) is 32.6 Å². The van der Waals surface area contributed by atoms with E-state index in [0.29, 0.717) is 39.3 Å². The summed E-state index contributed by atoms with van der Waals surface area (Å²) in [7, 11) is -2.88. The first-order valence-corrected chi connectivity index (χ1v) is 12.8. The second-order valence-corrected chi connectivity index (χ2v) is 10.2. The topological polar surface area (TPSA) is 72.5 Å². The van der Waals surface area contributed by atoms with Crippen molar-refractivity contribution in [2.45, 2.75) is 116 Å². The highest BCUT2D eigenvalue weighted by atomic mass is 31.1. The lowest BCUT2D eigenvalue weighted by Gasteiger charge is -2.44. The number of ether oxygens (including phenoxy) is 4. The molecular formula is C22H43O7P. The SMILES string of the molecule is CCCCCC1(C(C)(C)O[PH](=O)OC(C)(C)C2(CCCCC)OCCO2)OCCO1. The normalized spacial score (nSPS) is 21.6. The van der Waals surface area contributed by atoms with E-state index in [4.69, 9.17) is 28.0 Å². The van der Waals surface area contributed by atoms with Crippen LogP contribution >= 0.6 is 8.25 Å². The quantitative estimate of drug-likeness (QED) is 0.251. The van der Waals surface area contributed by atoms with Gasteiger partial charge in [-0.1, -0.05) is 39.5 Å². The smallest absolute Gasteiger partial charge is 0.320 e. The highest BCUT2D eigenvalue weighted by Gasteiger charge is 2.55. The Hall–Kier alpha value is -0.0100. The van der Waals surface area contributed by atoms with Gasteiger partial charge in [-0.25, -0.2) is 0 Å². The molecule has 2 rings (SSSR count). The van der Waals surface area contributed by atoms with Crippen LogP contribution in [0.1, 0.15) is 92.9 Å². The molecular weight excluding hydrogens is 407 g/mol. The van der Waals surface area contributed by atoms with Crippen molar-refractivity contribution in [3.8, 4) is 0 Å². The molecule has 0 bridgehead atoms. The Bertz CT molecular complexity index is 492. The van der Waals surface area contributed by atoms with E-state index in [9.17, 15) is 4.57 Å². The molecule has 8 heteroatoms. The van der Waals surface area contributed by atoms with Gasteiger partial charge >= 0.3 is 8.25 Å². The minimum Gasteiger partial charge on any atom is -0.345 e. The van der Waals surface area contributed by atoms with Crippen molar-refractivity contribution in [2.24, 2.45) is 0 Å². The molecule has 0 unspecified atom stereocenters. The van der Waals surface area contributed by atoms with Gasteiger partial charge in [-0.3, -0.25) is 13.6 Å². The molecule has 2 aliphatic rings.